The first-order valence-electron chi connectivity index (χ1n) is 7.55. The summed E-state index contributed by atoms with van der Waals surface area (Å²) >= 11 is 1.01. The van der Waals surface area contributed by atoms with Gasteiger partial charge < -0.3 is 9.64 Å². The Morgan fingerprint density at radius 2 is 2.04 bits per heavy atom. The Morgan fingerprint density at radius 3 is 2.69 bits per heavy atom. The molecule has 0 N–H and O–H groups in total. The summed E-state index contributed by atoms with van der Waals surface area (Å²) in [5.41, 5.74) is -1.11. The highest BCUT2D eigenvalue weighted by Gasteiger charge is 2.51. The number of aliphatic imine (C=N–C) groups is 1. The number of ether oxygens (including phenoxy) is 1. The minimum atomic E-state index is -4.63. The lowest BCUT2D eigenvalue weighted by Crippen LogP contribution is -2.39. The van der Waals surface area contributed by atoms with E-state index in [1.165, 1.54) is 30.2 Å². The molecular weight excluding hydrogens is 393 g/mol. The number of methoxy groups -OCH3 is 1. The van der Waals surface area contributed by atoms with Crippen LogP contribution in [0.1, 0.15) is 5.56 Å². The number of halogens is 3. The van der Waals surface area contributed by atoms with E-state index in [2.05, 4.69) is 4.99 Å². The molecule has 0 radical (unpaired) electrons. The third-order valence-corrected chi connectivity index (χ3v) is 7.23. The van der Waals surface area contributed by atoms with Crippen molar-refractivity contribution in [2.24, 2.45) is 4.99 Å². The third-order valence-electron chi connectivity index (χ3n) is 4.02. The molecule has 0 aliphatic carbocycles. The highest BCUT2D eigenvalue weighted by Crippen LogP contribution is 2.45. The summed E-state index contributed by atoms with van der Waals surface area (Å²) in [7, 11) is -2.06. The molecule has 0 spiro atoms. The van der Waals surface area contributed by atoms with Crippen LogP contribution in [-0.2, 0) is 25.5 Å². The predicted octanol–water partition coefficient (Wildman–Crippen LogP) is 1.95. The first-order chi connectivity index (χ1) is 12.1. The molecule has 2 aliphatic rings. The minimum Gasteiger partial charge on any atom is -0.375 e. The average Bonchev–Trinajstić information content (AvgIpc) is 2.97. The number of alkyl halides is 3. The number of nitrogens with zero attached hydrogens (tertiary/aromatic N) is 2. The Hall–Kier alpha value is -1.59. The summed E-state index contributed by atoms with van der Waals surface area (Å²) in [5, 5.41) is -0.413. The van der Waals surface area contributed by atoms with E-state index in [9.17, 15) is 26.4 Å². The summed E-state index contributed by atoms with van der Waals surface area (Å²) < 4.78 is 68.9. The Kier molecular flexibility index (Phi) is 5.06. The van der Waals surface area contributed by atoms with E-state index in [1.807, 2.05) is 0 Å². The Bertz CT molecular complexity index is 855. The molecule has 2 aliphatic heterocycles. The SMILES string of the molecule is COCC(=O)N=C1SC2CS(=O)(=O)CC2N1c1ccccc1C(F)(F)F. The second-order valence-corrected chi connectivity index (χ2v) is 9.27. The van der Waals surface area contributed by atoms with Crippen LogP contribution in [0.3, 0.4) is 0 Å². The molecule has 1 aromatic rings. The Labute approximate surface area is 152 Å². The predicted molar refractivity (Wildman–Crippen MR) is 92.1 cm³/mol. The van der Waals surface area contributed by atoms with Gasteiger partial charge in [-0.1, -0.05) is 23.9 Å². The number of carbonyl (C=O) groups is 1. The van der Waals surface area contributed by atoms with Crippen LogP contribution in [0.25, 0.3) is 0 Å². The molecule has 2 atom stereocenters. The van der Waals surface area contributed by atoms with Crippen molar-refractivity contribution in [3.63, 3.8) is 0 Å². The van der Waals surface area contributed by atoms with Crippen molar-refractivity contribution in [2.75, 3.05) is 30.1 Å². The number of rotatable bonds is 3. The van der Waals surface area contributed by atoms with Crippen molar-refractivity contribution >= 4 is 38.4 Å². The molecule has 0 bridgehead atoms. The number of anilines is 1. The van der Waals surface area contributed by atoms with Crippen LogP contribution >= 0.6 is 11.8 Å². The zero-order valence-electron chi connectivity index (χ0n) is 13.6. The molecule has 2 fully saturated rings. The zero-order chi connectivity index (χ0) is 19.1. The van der Waals surface area contributed by atoms with Gasteiger partial charge in [-0.15, -0.1) is 0 Å². The third kappa shape index (κ3) is 3.74. The van der Waals surface area contributed by atoms with Gasteiger partial charge in [-0.25, -0.2) is 8.42 Å². The van der Waals surface area contributed by atoms with Gasteiger partial charge in [0.1, 0.15) is 6.61 Å². The number of amidine groups is 1. The van der Waals surface area contributed by atoms with Crippen molar-refractivity contribution in [3.8, 4) is 0 Å². The van der Waals surface area contributed by atoms with Gasteiger partial charge in [0.2, 0.25) is 0 Å². The molecule has 0 aromatic heterocycles. The highest BCUT2D eigenvalue weighted by molar-refractivity contribution is 8.16. The highest BCUT2D eigenvalue weighted by atomic mass is 32.2. The maximum atomic E-state index is 13.4. The molecule has 1 aromatic carbocycles. The number of carbonyl (C=O) groups excluding carboxylic acids is 1. The fraction of sp³-hybridized carbons (Fsp3) is 0.467. The van der Waals surface area contributed by atoms with E-state index in [0.29, 0.717) is 0 Å². The molecule has 2 unspecified atom stereocenters. The normalized spacial score (nSPS) is 26.3. The van der Waals surface area contributed by atoms with Crippen molar-refractivity contribution < 1.29 is 31.1 Å². The van der Waals surface area contributed by atoms with Crippen LogP contribution in [0.2, 0.25) is 0 Å². The summed E-state index contributed by atoms with van der Waals surface area (Å²) in [6.07, 6.45) is -4.63. The molecule has 26 heavy (non-hydrogen) atoms. The van der Waals surface area contributed by atoms with Gasteiger partial charge in [0, 0.05) is 12.4 Å². The van der Waals surface area contributed by atoms with E-state index in [0.717, 1.165) is 17.8 Å². The smallest absolute Gasteiger partial charge is 0.375 e. The molecule has 11 heteroatoms. The summed E-state index contributed by atoms with van der Waals surface area (Å²) in [6.45, 7) is -0.313. The number of sulfone groups is 1. The number of fused-ring (bicyclic) bond motifs is 1. The van der Waals surface area contributed by atoms with Crippen molar-refractivity contribution in [1.29, 1.82) is 0 Å². The fourth-order valence-electron chi connectivity index (χ4n) is 3.03. The van der Waals surface area contributed by atoms with Crippen molar-refractivity contribution in [2.45, 2.75) is 17.5 Å². The number of hydrogen-bond acceptors (Lipinski definition) is 5. The summed E-state index contributed by atoms with van der Waals surface area (Å²) in [4.78, 5) is 16.9. The van der Waals surface area contributed by atoms with Crippen LogP contribution in [0.5, 0.6) is 0 Å². The summed E-state index contributed by atoms with van der Waals surface area (Å²) in [5.74, 6) is -1.09. The molecule has 142 valence electrons. The van der Waals surface area contributed by atoms with Gasteiger partial charge in [0.25, 0.3) is 5.91 Å². The quantitative estimate of drug-likeness (QED) is 0.761. The molecule has 6 nitrogen and oxygen atoms in total. The van der Waals surface area contributed by atoms with Crippen LogP contribution in [0.15, 0.2) is 29.3 Å². The second-order valence-electron chi connectivity index (χ2n) is 5.91. The van der Waals surface area contributed by atoms with Crippen LogP contribution in [0, 0.1) is 0 Å². The van der Waals surface area contributed by atoms with Gasteiger partial charge >= 0.3 is 6.18 Å². The van der Waals surface area contributed by atoms with E-state index in [-0.39, 0.29) is 29.0 Å². The molecule has 0 saturated carbocycles. The largest absolute Gasteiger partial charge is 0.418 e. The average molecular weight is 408 g/mol. The molecule has 2 heterocycles. The van der Waals surface area contributed by atoms with Gasteiger partial charge in [-0.05, 0) is 12.1 Å². The van der Waals surface area contributed by atoms with Crippen LogP contribution in [-0.4, -0.2) is 56.0 Å². The van der Waals surface area contributed by atoms with Gasteiger partial charge in [0.05, 0.1) is 28.8 Å². The Balaban J connectivity index is 2.09. The maximum Gasteiger partial charge on any atom is 0.418 e. The number of thioether (sulfide) groups is 1. The molecule has 2 saturated heterocycles. The maximum absolute atomic E-state index is 13.4. The topological polar surface area (TPSA) is 76.0 Å². The zero-order valence-corrected chi connectivity index (χ0v) is 15.2. The number of amides is 1. The lowest BCUT2D eigenvalue weighted by molar-refractivity contribution is -0.137. The summed E-state index contributed by atoms with van der Waals surface area (Å²) in [6, 6.07) is 4.16. The van der Waals surface area contributed by atoms with Crippen LogP contribution in [0.4, 0.5) is 18.9 Å². The van der Waals surface area contributed by atoms with E-state index in [1.54, 1.807) is 0 Å². The molecule has 3 rings (SSSR count). The number of para-hydroxylation sites is 1. The van der Waals surface area contributed by atoms with E-state index >= 15 is 0 Å². The van der Waals surface area contributed by atoms with Crippen LogP contribution < -0.4 is 4.90 Å². The Morgan fingerprint density at radius 1 is 1.35 bits per heavy atom. The number of benzene rings is 1. The van der Waals surface area contributed by atoms with E-state index < -0.39 is 38.8 Å². The first kappa shape index (κ1) is 19.2. The lowest BCUT2D eigenvalue weighted by Gasteiger charge is -2.27. The standard InChI is InChI=1S/C15H15F3N2O4S2/c1-24-6-13(21)19-14-20(11-7-26(22,23)8-12(11)25-14)10-5-3-2-4-9(10)15(16,17)18/h2-5,11-12H,6-8H2,1H3. The lowest BCUT2D eigenvalue weighted by atomic mass is 10.1. The van der Waals surface area contributed by atoms with Gasteiger partial charge in [-0.3, -0.25) is 4.79 Å². The van der Waals surface area contributed by atoms with Crippen molar-refractivity contribution in [1.82, 2.24) is 0 Å². The second kappa shape index (κ2) is 6.86. The van der Waals surface area contributed by atoms with Gasteiger partial charge in [-0.2, -0.15) is 18.2 Å². The molecule has 1 amide bonds. The monoisotopic (exact) mass is 408 g/mol. The minimum absolute atomic E-state index is 0.0636. The fourth-order valence-corrected chi connectivity index (χ4v) is 6.96. The van der Waals surface area contributed by atoms with Gasteiger partial charge in [0.15, 0.2) is 15.0 Å². The molecular formula is C15H15F3N2O4S2. The van der Waals surface area contributed by atoms with Crippen molar-refractivity contribution in [3.05, 3.63) is 29.8 Å². The van der Waals surface area contributed by atoms with E-state index in [4.69, 9.17) is 4.74 Å². The first-order valence-corrected chi connectivity index (χ1v) is 10.3. The number of hydrogen-bond donors (Lipinski definition) is 0.